The molecule has 3 aliphatic carbocycles. The summed E-state index contributed by atoms with van der Waals surface area (Å²) >= 11 is 0. The Balaban J connectivity index is 1.61. The van der Waals surface area contributed by atoms with E-state index >= 15 is 0 Å². The van der Waals surface area contributed by atoms with Gasteiger partial charge in [0.1, 0.15) is 0 Å². The second-order valence-corrected chi connectivity index (χ2v) is 6.89. The summed E-state index contributed by atoms with van der Waals surface area (Å²) in [6.45, 7) is 2.80. The van der Waals surface area contributed by atoms with E-state index in [0.29, 0.717) is 0 Å². The van der Waals surface area contributed by atoms with E-state index in [1.54, 1.807) is 0 Å². The van der Waals surface area contributed by atoms with Crippen LogP contribution in [0.1, 0.15) is 64.7 Å². The zero-order valence-corrected chi connectivity index (χ0v) is 11.7. The van der Waals surface area contributed by atoms with Crippen molar-refractivity contribution in [2.75, 3.05) is 6.61 Å². The Kier molecular flexibility index (Phi) is 3.68. The molecule has 2 heteroatoms. The number of aliphatic hydroxyl groups is 1. The Morgan fingerprint density at radius 2 is 2.00 bits per heavy atom. The number of rotatable bonds is 5. The van der Waals surface area contributed by atoms with E-state index in [1.807, 2.05) is 0 Å². The van der Waals surface area contributed by atoms with Crippen molar-refractivity contribution in [3.05, 3.63) is 0 Å². The standard InChI is InChI=1S/C16H28O2/c1-2-18-16(7-3-4-8-16)15(17)11-14-10-12-5-6-13(14)9-12/h12-15,17H,2-11H2,1H3. The molecule has 4 unspecified atom stereocenters. The van der Waals surface area contributed by atoms with Crippen LogP contribution in [-0.4, -0.2) is 23.4 Å². The average Bonchev–Trinajstić information content (AvgIpc) is 3.04. The van der Waals surface area contributed by atoms with Gasteiger partial charge < -0.3 is 9.84 Å². The van der Waals surface area contributed by atoms with Gasteiger partial charge in [0, 0.05) is 6.61 Å². The molecule has 0 aromatic carbocycles. The first kappa shape index (κ1) is 12.9. The van der Waals surface area contributed by atoms with E-state index in [9.17, 15) is 5.11 Å². The number of hydrogen-bond acceptors (Lipinski definition) is 2. The maximum atomic E-state index is 10.7. The van der Waals surface area contributed by atoms with Crippen molar-refractivity contribution in [2.24, 2.45) is 17.8 Å². The van der Waals surface area contributed by atoms with E-state index in [-0.39, 0.29) is 11.7 Å². The number of ether oxygens (including phenoxy) is 1. The first-order chi connectivity index (χ1) is 8.73. The van der Waals surface area contributed by atoms with Crippen molar-refractivity contribution < 1.29 is 9.84 Å². The summed E-state index contributed by atoms with van der Waals surface area (Å²) in [7, 11) is 0. The lowest BCUT2D eigenvalue weighted by Crippen LogP contribution is -2.44. The minimum atomic E-state index is -0.218. The molecule has 18 heavy (non-hydrogen) atoms. The fourth-order valence-corrected chi connectivity index (χ4v) is 5.00. The number of hydrogen-bond donors (Lipinski definition) is 1. The maximum Gasteiger partial charge on any atom is 0.0940 e. The third kappa shape index (κ3) is 2.22. The Hall–Kier alpha value is -0.0800. The molecular formula is C16H28O2. The third-order valence-corrected chi connectivity index (χ3v) is 5.90. The van der Waals surface area contributed by atoms with Gasteiger partial charge in [-0.1, -0.05) is 19.3 Å². The summed E-state index contributed by atoms with van der Waals surface area (Å²) < 4.78 is 5.99. The lowest BCUT2D eigenvalue weighted by Gasteiger charge is -2.36. The van der Waals surface area contributed by atoms with Crippen LogP contribution in [0.2, 0.25) is 0 Å². The van der Waals surface area contributed by atoms with Gasteiger partial charge >= 0.3 is 0 Å². The molecule has 0 aliphatic heterocycles. The molecular weight excluding hydrogens is 224 g/mol. The van der Waals surface area contributed by atoms with Crippen molar-refractivity contribution in [1.29, 1.82) is 0 Å². The zero-order valence-electron chi connectivity index (χ0n) is 11.7. The van der Waals surface area contributed by atoms with Gasteiger partial charge in [-0.25, -0.2) is 0 Å². The molecule has 3 saturated carbocycles. The smallest absolute Gasteiger partial charge is 0.0940 e. The van der Waals surface area contributed by atoms with Crippen LogP contribution in [0.3, 0.4) is 0 Å². The van der Waals surface area contributed by atoms with Crippen LogP contribution in [0.5, 0.6) is 0 Å². The van der Waals surface area contributed by atoms with Gasteiger partial charge in [0.05, 0.1) is 11.7 Å². The van der Waals surface area contributed by atoms with Gasteiger partial charge in [-0.3, -0.25) is 0 Å². The molecule has 0 heterocycles. The molecule has 4 atom stereocenters. The Labute approximate surface area is 111 Å². The fourth-order valence-electron chi connectivity index (χ4n) is 5.00. The average molecular weight is 252 g/mol. The van der Waals surface area contributed by atoms with Gasteiger partial charge in [0.25, 0.3) is 0 Å². The molecule has 2 bridgehead atoms. The Morgan fingerprint density at radius 1 is 1.22 bits per heavy atom. The van der Waals surface area contributed by atoms with Crippen LogP contribution in [0.4, 0.5) is 0 Å². The fraction of sp³-hybridized carbons (Fsp3) is 1.00. The SMILES string of the molecule is CCOC1(C(O)CC2CC3CCC2C3)CCCC1. The lowest BCUT2D eigenvalue weighted by molar-refractivity contribution is -0.124. The van der Waals surface area contributed by atoms with Crippen molar-refractivity contribution in [2.45, 2.75) is 76.4 Å². The van der Waals surface area contributed by atoms with Crippen LogP contribution in [-0.2, 0) is 4.74 Å². The lowest BCUT2D eigenvalue weighted by atomic mass is 9.80. The molecule has 104 valence electrons. The quantitative estimate of drug-likeness (QED) is 0.811. The molecule has 2 nitrogen and oxygen atoms in total. The van der Waals surface area contributed by atoms with E-state index in [4.69, 9.17) is 4.74 Å². The molecule has 0 aromatic rings. The molecule has 3 aliphatic rings. The molecule has 0 saturated heterocycles. The van der Waals surface area contributed by atoms with E-state index in [1.165, 1.54) is 38.5 Å². The van der Waals surface area contributed by atoms with Crippen LogP contribution in [0.25, 0.3) is 0 Å². The summed E-state index contributed by atoms with van der Waals surface area (Å²) in [5, 5.41) is 10.7. The van der Waals surface area contributed by atoms with Gasteiger partial charge in [0.15, 0.2) is 0 Å². The maximum absolute atomic E-state index is 10.7. The van der Waals surface area contributed by atoms with Crippen LogP contribution in [0, 0.1) is 17.8 Å². The normalized spacial score (nSPS) is 39.3. The van der Waals surface area contributed by atoms with Crippen LogP contribution in [0.15, 0.2) is 0 Å². The molecule has 3 fully saturated rings. The predicted molar refractivity (Wildman–Crippen MR) is 72.4 cm³/mol. The molecule has 1 N–H and O–H groups in total. The molecule has 0 radical (unpaired) electrons. The highest BCUT2D eigenvalue weighted by molar-refractivity contribution is 4.97. The molecule has 0 spiro atoms. The van der Waals surface area contributed by atoms with Crippen molar-refractivity contribution in [3.8, 4) is 0 Å². The molecule has 0 aromatic heterocycles. The second-order valence-electron chi connectivity index (χ2n) is 6.89. The summed E-state index contributed by atoms with van der Waals surface area (Å²) in [5.74, 6) is 2.69. The van der Waals surface area contributed by atoms with Gasteiger partial charge in [-0.2, -0.15) is 0 Å². The van der Waals surface area contributed by atoms with Gasteiger partial charge in [0.2, 0.25) is 0 Å². The van der Waals surface area contributed by atoms with E-state index < -0.39 is 0 Å². The highest BCUT2D eigenvalue weighted by Gasteiger charge is 2.46. The monoisotopic (exact) mass is 252 g/mol. The minimum Gasteiger partial charge on any atom is -0.390 e. The number of aliphatic hydroxyl groups excluding tert-OH is 1. The Morgan fingerprint density at radius 3 is 2.56 bits per heavy atom. The van der Waals surface area contributed by atoms with Crippen molar-refractivity contribution in [1.82, 2.24) is 0 Å². The minimum absolute atomic E-state index is 0.184. The summed E-state index contributed by atoms with van der Waals surface area (Å²) in [4.78, 5) is 0. The summed E-state index contributed by atoms with van der Waals surface area (Å²) in [5.41, 5.74) is -0.184. The first-order valence-electron chi connectivity index (χ1n) is 8.05. The summed E-state index contributed by atoms with van der Waals surface area (Å²) in [6.07, 6.45) is 11.1. The van der Waals surface area contributed by atoms with Crippen LogP contribution >= 0.6 is 0 Å². The molecule has 0 amide bonds. The molecule has 3 rings (SSSR count). The van der Waals surface area contributed by atoms with Gasteiger partial charge in [-0.15, -0.1) is 0 Å². The third-order valence-electron chi connectivity index (χ3n) is 5.90. The number of fused-ring (bicyclic) bond motifs is 2. The Bertz CT molecular complexity index is 283. The highest BCUT2D eigenvalue weighted by atomic mass is 16.5. The largest absolute Gasteiger partial charge is 0.390 e. The second kappa shape index (κ2) is 5.13. The van der Waals surface area contributed by atoms with Crippen LogP contribution < -0.4 is 0 Å². The van der Waals surface area contributed by atoms with Gasteiger partial charge in [-0.05, 0) is 63.2 Å². The topological polar surface area (TPSA) is 29.5 Å². The predicted octanol–water partition coefficient (Wildman–Crippen LogP) is 3.52. The summed E-state index contributed by atoms with van der Waals surface area (Å²) in [6, 6.07) is 0. The van der Waals surface area contributed by atoms with Crippen molar-refractivity contribution >= 4 is 0 Å². The highest BCUT2D eigenvalue weighted by Crippen LogP contribution is 2.51. The van der Waals surface area contributed by atoms with E-state index in [2.05, 4.69) is 6.92 Å². The van der Waals surface area contributed by atoms with Crippen molar-refractivity contribution in [3.63, 3.8) is 0 Å². The van der Waals surface area contributed by atoms with E-state index in [0.717, 1.165) is 43.6 Å². The zero-order chi connectivity index (χ0) is 12.6. The first-order valence-corrected chi connectivity index (χ1v) is 8.05.